The topological polar surface area (TPSA) is 86.3 Å². The number of H-pyrrole nitrogens is 1. The number of benzene rings is 1. The van der Waals surface area contributed by atoms with Gasteiger partial charge in [-0.25, -0.2) is 4.98 Å². The first-order valence-corrected chi connectivity index (χ1v) is 9.07. The Labute approximate surface area is 151 Å². The summed E-state index contributed by atoms with van der Waals surface area (Å²) in [5, 5.41) is 11.0. The van der Waals surface area contributed by atoms with Crippen molar-refractivity contribution < 1.29 is 9.90 Å². The Hall–Kier alpha value is -2.31. The van der Waals surface area contributed by atoms with Gasteiger partial charge in [0.05, 0.1) is 18.3 Å². The van der Waals surface area contributed by atoms with Gasteiger partial charge in [-0.2, -0.15) is 0 Å². The predicted molar refractivity (Wildman–Crippen MR) is 96.9 cm³/mol. The highest BCUT2D eigenvalue weighted by molar-refractivity contribution is 5.95. The summed E-state index contributed by atoms with van der Waals surface area (Å²) in [5.41, 5.74) is 0.524. The van der Waals surface area contributed by atoms with Crippen molar-refractivity contribution in [2.75, 3.05) is 19.6 Å². The van der Waals surface area contributed by atoms with E-state index in [2.05, 4.69) is 27.0 Å². The van der Waals surface area contributed by atoms with Gasteiger partial charge < -0.3 is 10.1 Å². The van der Waals surface area contributed by atoms with E-state index < -0.39 is 5.60 Å². The lowest BCUT2D eigenvalue weighted by Gasteiger charge is -2.26. The molecule has 6 heteroatoms. The largest absolute Gasteiger partial charge is 0.390 e. The summed E-state index contributed by atoms with van der Waals surface area (Å²) in [6.45, 7) is 1.97. The summed E-state index contributed by atoms with van der Waals surface area (Å²) in [6, 6.07) is 10.1. The van der Waals surface area contributed by atoms with Gasteiger partial charge in [0, 0.05) is 25.7 Å². The van der Waals surface area contributed by atoms with Crippen LogP contribution in [0.25, 0.3) is 0 Å². The average Bonchev–Trinajstić information content (AvgIpc) is 3.10. The van der Waals surface area contributed by atoms with Gasteiger partial charge in [0.15, 0.2) is 5.78 Å². The van der Waals surface area contributed by atoms with Gasteiger partial charge in [-0.15, -0.1) is 0 Å². The van der Waals surface area contributed by atoms with Crippen molar-refractivity contribution in [3.05, 3.63) is 64.3 Å². The molecule has 2 unspecified atom stereocenters. The molecule has 136 valence electrons. The summed E-state index contributed by atoms with van der Waals surface area (Å²) in [7, 11) is 0. The summed E-state index contributed by atoms with van der Waals surface area (Å²) in [5.74, 6) is 0.779. The Morgan fingerprint density at radius 2 is 1.92 bits per heavy atom. The molecule has 1 saturated carbocycles. The fraction of sp³-hybridized carbons (Fsp3) is 0.450. The molecule has 2 heterocycles. The van der Waals surface area contributed by atoms with Gasteiger partial charge in [0.2, 0.25) is 0 Å². The zero-order valence-corrected chi connectivity index (χ0v) is 14.6. The summed E-state index contributed by atoms with van der Waals surface area (Å²) < 4.78 is 0. The van der Waals surface area contributed by atoms with Crippen molar-refractivity contribution in [2.24, 2.45) is 11.8 Å². The van der Waals surface area contributed by atoms with Crippen molar-refractivity contribution in [3.63, 3.8) is 0 Å². The molecule has 2 fully saturated rings. The van der Waals surface area contributed by atoms with Gasteiger partial charge in [-0.3, -0.25) is 14.5 Å². The minimum absolute atomic E-state index is 0.0826. The van der Waals surface area contributed by atoms with Gasteiger partial charge in [0.25, 0.3) is 5.56 Å². The molecule has 0 amide bonds. The van der Waals surface area contributed by atoms with Crippen molar-refractivity contribution in [3.8, 4) is 0 Å². The van der Waals surface area contributed by atoms with Crippen LogP contribution < -0.4 is 5.56 Å². The standard InChI is InChI=1S/C20H23N3O3/c24-18(17-9-22-19(25)10-21-17)13-23-11-15-7-20(26,8-16(15)12-23)6-14-4-2-1-3-5-14/h1-5,9-10,15-16,26H,6-8,11-13H2,(H,22,25). The lowest BCUT2D eigenvalue weighted by atomic mass is 9.91. The number of ketones is 1. The molecule has 1 aliphatic heterocycles. The second-order valence-electron chi connectivity index (χ2n) is 7.73. The number of aromatic nitrogens is 2. The lowest BCUT2D eigenvalue weighted by molar-refractivity contribution is 0.0355. The van der Waals surface area contributed by atoms with Gasteiger partial charge in [-0.1, -0.05) is 30.3 Å². The minimum atomic E-state index is -0.632. The number of fused-ring (bicyclic) bond motifs is 1. The molecule has 4 rings (SSSR count). The third kappa shape index (κ3) is 3.61. The Bertz CT molecular complexity index is 814. The molecule has 1 aliphatic carbocycles. The number of rotatable bonds is 5. The predicted octanol–water partition coefficient (Wildman–Crippen LogP) is 1.27. The normalized spacial score (nSPS) is 28.2. The second kappa shape index (κ2) is 6.78. The molecule has 2 N–H and O–H groups in total. The van der Waals surface area contributed by atoms with E-state index in [1.54, 1.807) is 0 Å². The average molecular weight is 353 g/mol. The van der Waals surface area contributed by atoms with Crippen LogP contribution >= 0.6 is 0 Å². The monoisotopic (exact) mass is 353 g/mol. The van der Waals surface area contributed by atoms with Gasteiger partial charge in [0.1, 0.15) is 5.69 Å². The molecule has 2 atom stereocenters. The van der Waals surface area contributed by atoms with E-state index in [0.29, 0.717) is 30.5 Å². The molecule has 0 bridgehead atoms. The molecule has 1 saturated heterocycles. The van der Waals surface area contributed by atoms with Crippen molar-refractivity contribution in [1.82, 2.24) is 14.9 Å². The van der Waals surface area contributed by atoms with Crippen molar-refractivity contribution >= 4 is 5.78 Å². The fourth-order valence-electron chi connectivity index (χ4n) is 4.59. The zero-order valence-electron chi connectivity index (χ0n) is 14.6. The molecule has 2 aromatic rings. The summed E-state index contributed by atoms with van der Waals surface area (Å²) in [4.78, 5) is 31.9. The second-order valence-corrected chi connectivity index (χ2v) is 7.73. The van der Waals surface area contributed by atoms with Crippen molar-refractivity contribution in [2.45, 2.75) is 24.9 Å². The van der Waals surface area contributed by atoms with Crippen LogP contribution in [0.3, 0.4) is 0 Å². The van der Waals surface area contributed by atoms with Gasteiger partial charge >= 0.3 is 0 Å². The number of aliphatic hydroxyl groups is 1. The summed E-state index contributed by atoms with van der Waals surface area (Å²) in [6.07, 6.45) is 4.78. The third-order valence-electron chi connectivity index (χ3n) is 5.64. The molecule has 1 aromatic heterocycles. The van der Waals surface area contributed by atoms with Crippen LogP contribution in [0.4, 0.5) is 0 Å². The van der Waals surface area contributed by atoms with Crippen LogP contribution in [0.15, 0.2) is 47.5 Å². The number of nitrogens with zero attached hydrogens (tertiary/aromatic N) is 2. The Morgan fingerprint density at radius 3 is 2.54 bits per heavy atom. The van der Waals surface area contributed by atoms with Crippen molar-refractivity contribution in [1.29, 1.82) is 0 Å². The molecule has 1 aromatic carbocycles. The number of nitrogens with one attached hydrogen (secondary N) is 1. The maximum atomic E-state index is 12.3. The summed E-state index contributed by atoms with van der Waals surface area (Å²) >= 11 is 0. The van der Waals surface area contributed by atoms with Crippen LogP contribution in [0, 0.1) is 11.8 Å². The van der Waals surface area contributed by atoms with E-state index in [4.69, 9.17) is 0 Å². The van der Waals surface area contributed by atoms with Crippen LogP contribution in [-0.2, 0) is 6.42 Å². The fourth-order valence-corrected chi connectivity index (χ4v) is 4.59. The lowest BCUT2D eigenvalue weighted by Crippen LogP contribution is -2.34. The van der Waals surface area contributed by atoms with Crippen LogP contribution in [-0.4, -0.2) is 51.0 Å². The number of Topliss-reactive ketones (excluding diaryl/α,β-unsaturated/α-hetero) is 1. The quantitative estimate of drug-likeness (QED) is 0.791. The maximum Gasteiger partial charge on any atom is 0.266 e. The number of likely N-dealkylation sites (tertiary alicyclic amines) is 1. The molecular formula is C20H23N3O3. The number of hydrogen-bond donors (Lipinski definition) is 2. The Balaban J connectivity index is 1.34. The van der Waals surface area contributed by atoms with Crippen LogP contribution in [0.5, 0.6) is 0 Å². The first-order valence-electron chi connectivity index (χ1n) is 9.07. The Kier molecular flexibility index (Phi) is 4.46. The highest BCUT2D eigenvalue weighted by Gasteiger charge is 2.48. The molecule has 2 aliphatic rings. The number of aromatic amines is 1. The molecule has 0 spiro atoms. The van der Waals surface area contributed by atoms with Crippen LogP contribution in [0.1, 0.15) is 28.9 Å². The Morgan fingerprint density at radius 1 is 1.23 bits per heavy atom. The smallest absolute Gasteiger partial charge is 0.266 e. The number of carbonyl (C=O) groups excluding carboxylic acids is 1. The highest BCUT2D eigenvalue weighted by Crippen LogP contribution is 2.45. The van der Waals surface area contributed by atoms with E-state index in [-0.39, 0.29) is 11.3 Å². The molecule has 6 nitrogen and oxygen atoms in total. The van der Waals surface area contributed by atoms with Crippen LogP contribution in [0.2, 0.25) is 0 Å². The molecular weight excluding hydrogens is 330 g/mol. The maximum absolute atomic E-state index is 12.3. The van der Waals surface area contributed by atoms with E-state index in [0.717, 1.165) is 32.1 Å². The first kappa shape index (κ1) is 17.1. The first-order chi connectivity index (χ1) is 12.5. The van der Waals surface area contributed by atoms with E-state index in [9.17, 15) is 14.7 Å². The SMILES string of the molecule is O=C(CN1CC2CC(O)(Cc3ccccc3)CC2C1)c1c[nH]c(=O)cn1. The zero-order chi connectivity index (χ0) is 18.1. The molecule has 26 heavy (non-hydrogen) atoms. The minimum Gasteiger partial charge on any atom is -0.390 e. The van der Waals surface area contributed by atoms with E-state index >= 15 is 0 Å². The van der Waals surface area contributed by atoms with E-state index in [1.165, 1.54) is 11.8 Å². The highest BCUT2D eigenvalue weighted by atomic mass is 16.3. The number of carbonyl (C=O) groups is 1. The van der Waals surface area contributed by atoms with Gasteiger partial charge in [-0.05, 0) is 30.2 Å². The number of hydrogen-bond acceptors (Lipinski definition) is 5. The third-order valence-corrected chi connectivity index (χ3v) is 5.64. The van der Waals surface area contributed by atoms with E-state index in [1.807, 2.05) is 18.2 Å². The molecule has 0 radical (unpaired) electrons.